The zero-order chi connectivity index (χ0) is 18.9. The molecule has 1 fully saturated rings. The van der Waals surface area contributed by atoms with Gasteiger partial charge in [-0.05, 0) is 52.2 Å². The van der Waals surface area contributed by atoms with E-state index in [1.54, 1.807) is 12.1 Å². The van der Waals surface area contributed by atoms with Crippen LogP contribution in [0.5, 0.6) is 17.2 Å². The maximum atomic E-state index is 12.7. The van der Waals surface area contributed by atoms with Crippen molar-refractivity contribution in [2.45, 2.75) is 46.1 Å². The Balaban J connectivity index is 2.28. The van der Waals surface area contributed by atoms with E-state index in [1.807, 2.05) is 20.8 Å². The van der Waals surface area contributed by atoms with Gasteiger partial charge in [0.15, 0.2) is 11.5 Å². The predicted molar refractivity (Wildman–Crippen MR) is 98.1 cm³/mol. The monoisotopic (exact) mass is 364 g/mol. The van der Waals surface area contributed by atoms with E-state index < -0.39 is 6.04 Å². The summed E-state index contributed by atoms with van der Waals surface area (Å²) in [5.41, 5.74) is 0.373. The largest absolute Gasteiger partial charge is 0.490 e. The van der Waals surface area contributed by atoms with Gasteiger partial charge in [0, 0.05) is 12.1 Å². The minimum atomic E-state index is -0.525. The van der Waals surface area contributed by atoms with Gasteiger partial charge in [-0.25, -0.2) is 0 Å². The molecule has 2 N–H and O–H groups in total. The first kappa shape index (κ1) is 19.9. The minimum absolute atomic E-state index is 0.142. The number of carbonyl (C=O) groups excluding carboxylic acids is 2. The van der Waals surface area contributed by atoms with Crippen molar-refractivity contribution in [2.24, 2.45) is 0 Å². The molecule has 1 saturated heterocycles. The zero-order valence-corrected chi connectivity index (χ0v) is 15.7. The lowest BCUT2D eigenvalue weighted by molar-refractivity contribution is -0.122. The summed E-state index contributed by atoms with van der Waals surface area (Å²) in [4.78, 5) is 24.8. The number of hydrogen-bond donors (Lipinski definition) is 2. The van der Waals surface area contributed by atoms with Crippen molar-refractivity contribution in [3.63, 3.8) is 0 Å². The molecule has 0 bridgehead atoms. The molecule has 1 aliphatic rings. The normalized spacial score (nSPS) is 17.0. The van der Waals surface area contributed by atoms with E-state index >= 15 is 0 Å². The van der Waals surface area contributed by atoms with Crippen LogP contribution in [0, 0.1) is 0 Å². The smallest absolute Gasteiger partial charge is 0.252 e. The van der Waals surface area contributed by atoms with Crippen molar-refractivity contribution in [2.75, 3.05) is 26.4 Å². The van der Waals surface area contributed by atoms with Gasteiger partial charge in [-0.2, -0.15) is 0 Å². The van der Waals surface area contributed by atoms with Gasteiger partial charge in [-0.1, -0.05) is 0 Å². The van der Waals surface area contributed by atoms with Gasteiger partial charge in [-0.15, -0.1) is 0 Å². The summed E-state index contributed by atoms with van der Waals surface area (Å²) < 4.78 is 16.9. The molecule has 0 saturated carbocycles. The molecule has 2 amide bonds. The summed E-state index contributed by atoms with van der Waals surface area (Å²) in [6.45, 7) is 7.56. The van der Waals surface area contributed by atoms with Crippen molar-refractivity contribution in [3.8, 4) is 17.2 Å². The molecular formula is C19H28N2O5. The number of amides is 2. The molecular weight excluding hydrogens is 336 g/mol. The molecule has 1 aliphatic heterocycles. The van der Waals surface area contributed by atoms with Gasteiger partial charge >= 0.3 is 0 Å². The Morgan fingerprint density at radius 1 is 1.08 bits per heavy atom. The second-order valence-corrected chi connectivity index (χ2v) is 5.91. The SMILES string of the molecule is CCOc1cc(C(=O)N[C@@H]2CCCCNC2=O)cc(OCC)c1OCC. The van der Waals surface area contributed by atoms with Gasteiger partial charge in [0.1, 0.15) is 6.04 Å². The number of nitrogens with one attached hydrogen (secondary N) is 2. The Morgan fingerprint density at radius 3 is 2.27 bits per heavy atom. The van der Waals surface area contributed by atoms with Crippen LogP contribution in [0.2, 0.25) is 0 Å². The van der Waals surface area contributed by atoms with Crippen molar-refractivity contribution in [1.82, 2.24) is 10.6 Å². The van der Waals surface area contributed by atoms with Crippen molar-refractivity contribution in [1.29, 1.82) is 0 Å². The molecule has 7 heteroatoms. The van der Waals surface area contributed by atoms with Crippen LogP contribution in [0.4, 0.5) is 0 Å². The number of ether oxygens (including phenoxy) is 3. The lowest BCUT2D eigenvalue weighted by Crippen LogP contribution is -2.45. The van der Waals surface area contributed by atoms with E-state index in [0.717, 1.165) is 12.8 Å². The van der Waals surface area contributed by atoms with Crippen LogP contribution < -0.4 is 24.8 Å². The van der Waals surface area contributed by atoms with Gasteiger partial charge in [0.05, 0.1) is 19.8 Å². The molecule has 1 aromatic rings. The standard InChI is InChI=1S/C19H28N2O5/c1-4-24-15-11-13(12-16(25-5-2)17(15)26-6-3)18(22)21-14-9-7-8-10-20-19(14)23/h11-12,14H,4-10H2,1-3H3,(H,20,23)(H,21,22)/t14-/m1/s1. The third-order valence-corrected chi connectivity index (χ3v) is 4.01. The highest BCUT2D eigenvalue weighted by molar-refractivity contribution is 5.98. The van der Waals surface area contributed by atoms with E-state index in [4.69, 9.17) is 14.2 Å². The molecule has 0 radical (unpaired) electrons. The van der Waals surface area contributed by atoms with Gasteiger partial charge < -0.3 is 24.8 Å². The Hall–Kier alpha value is -2.44. The summed E-state index contributed by atoms with van der Waals surface area (Å²) in [5, 5.41) is 5.63. The highest BCUT2D eigenvalue weighted by Crippen LogP contribution is 2.39. The second kappa shape index (κ2) is 9.89. The second-order valence-electron chi connectivity index (χ2n) is 5.91. The van der Waals surface area contributed by atoms with Crippen LogP contribution >= 0.6 is 0 Å². The predicted octanol–water partition coefficient (Wildman–Crippen LogP) is 2.28. The first-order chi connectivity index (χ1) is 12.6. The van der Waals surface area contributed by atoms with E-state index in [2.05, 4.69) is 10.6 Å². The molecule has 2 rings (SSSR count). The molecule has 7 nitrogen and oxygen atoms in total. The third kappa shape index (κ3) is 5.03. The van der Waals surface area contributed by atoms with Crippen LogP contribution in [0.25, 0.3) is 0 Å². The summed E-state index contributed by atoms with van der Waals surface area (Å²) >= 11 is 0. The molecule has 0 aliphatic carbocycles. The Bertz CT molecular complexity index is 605. The highest BCUT2D eigenvalue weighted by Gasteiger charge is 2.24. The van der Waals surface area contributed by atoms with Crippen molar-refractivity contribution in [3.05, 3.63) is 17.7 Å². The Morgan fingerprint density at radius 2 is 1.69 bits per heavy atom. The maximum absolute atomic E-state index is 12.7. The van der Waals surface area contributed by atoms with Crippen LogP contribution in [0.3, 0.4) is 0 Å². The lowest BCUT2D eigenvalue weighted by Gasteiger charge is -2.19. The molecule has 0 unspecified atom stereocenters. The fourth-order valence-corrected chi connectivity index (χ4v) is 2.84. The quantitative estimate of drug-likeness (QED) is 0.739. The van der Waals surface area contributed by atoms with E-state index in [9.17, 15) is 9.59 Å². The molecule has 1 aromatic carbocycles. The van der Waals surface area contributed by atoms with Gasteiger partial charge in [0.2, 0.25) is 11.7 Å². The van der Waals surface area contributed by atoms with Crippen molar-refractivity contribution >= 4 is 11.8 Å². The Labute approximate surface area is 154 Å². The van der Waals surface area contributed by atoms with Crippen LogP contribution in [-0.4, -0.2) is 44.2 Å². The van der Waals surface area contributed by atoms with Crippen LogP contribution in [0.1, 0.15) is 50.4 Å². The van der Waals surface area contributed by atoms with E-state index in [0.29, 0.717) is 55.6 Å². The number of hydrogen-bond acceptors (Lipinski definition) is 5. The topological polar surface area (TPSA) is 85.9 Å². The average Bonchev–Trinajstić information content (AvgIpc) is 2.82. The number of benzene rings is 1. The van der Waals surface area contributed by atoms with Crippen molar-refractivity contribution < 1.29 is 23.8 Å². The molecule has 144 valence electrons. The first-order valence-electron chi connectivity index (χ1n) is 9.25. The summed E-state index contributed by atoms with van der Waals surface area (Å²) in [6, 6.07) is 2.73. The molecule has 1 heterocycles. The van der Waals surface area contributed by atoms with E-state index in [1.165, 1.54) is 0 Å². The Kier molecular flexibility index (Phi) is 7.56. The minimum Gasteiger partial charge on any atom is -0.490 e. The third-order valence-electron chi connectivity index (χ3n) is 4.01. The highest BCUT2D eigenvalue weighted by atomic mass is 16.5. The molecule has 0 spiro atoms. The van der Waals surface area contributed by atoms with Crippen LogP contribution in [-0.2, 0) is 4.79 Å². The number of rotatable bonds is 8. The first-order valence-corrected chi connectivity index (χ1v) is 9.25. The molecule has 0 aromatic heterocycles. The lowest BCUT2D eigenvalue weighted by atomic mass is 10.1. The zero-order valence-electron chi connectivity index (χ0n) is 15.7. The summed E-state index contributed by atoms with van der Waals surface area (Å²) in [5.74, 6) is 0.917. The maximum Gasteiger partial charge on any atom is 0.252 e. The van der Waals surface area contributed by atoms with Gasteiger partial charge in [0.25, 0.3) is 5.91 Å². The average molecular weight is 364 g/mol. The van der Waals surface area contributed by atoms with E-state index in [-0.39, 0.29) is 11.8 Å². The molecule has 1 atom stereocenters. The van der Waals surface area contributed by atoms with Gasteiger partial charge in [-0.3, -0.25) is 9.59 Å². The summed E-state index contributed by atoms with van der Waals surface area (Å²) in [7, 11) is 0. The number of carbonyl (C=O) groups is 2. The fraction of sp³-hybridized carbons (Fsp3) is 0.579. The fourth-order valence-electron chi connectivity index (χ4n) is 2.84. The molecule has 26 heavy (non-hydrogen) atoms. The summed E-state index contributed by atoms with van der Waals surface area (Å²) in [6.07, 6.45) is 2.44. The van der Waals surface area contributed by atoms with Crippen LogP contribution in [0.15, 0.2) is 12.1 Å².